The fourth-order valence-electron chi connectivity index (χ4n) is 4.66. The topological polar surface area (TPSA) is 92.8 Å². The molecule has 0 saturated carbocycles. The summed E-state index contributed by atoms with van der Waals surface area (Å²) in [5, 5.41) is 0. The highest BCUT2D eigenvalue weighted by Crippen LogP contribution is 2.44. The molecule has 0 bridgehead atoms. The SMILES string of the molecule is CCOC(=O)[C@@H]1CC(=O)CCN1C1O[C@H]([C@H]2COC(C)(C)O2)[C@@H]2OC(C)(C)O[C@H]12. The number of esters is 1. The summed E-state index contributed by atoms with van der Waals surface area (Å²) in [6, 6.07) is -0.690. The average Bonchev–Trinajstić information content (AvgIpc) is 3.25. The molecule has 4 saturated heterocycles. The third-order valence-corrected chi connectivity index (χ3v) is 5.82. The van der Waals surface area contributed by atoms with Crippen molar-refractivity contribution >= 4 is 11.8 Å². The molecule has 4 rings (SSSR count). The first-order valence-corrected chi connectivity index (χ1v) is 10.4. The molecule has 0 radical (unpaired) electrons. The van der Waals surface area contributed by atoms with Gasteiger partial charge in [-0.05, 0) is 34.6 Å². The summed E-state index contributed by atoms with van der Waals surface area (Å²) < 4.78 is 35.7. The number of carbonyl (C=O) groups excluding carboxylic acids is 2. The second kappa shape index (κ2) is 7.55. The molecule has 4 aliphatic rings. The number of ether oxygens (including phenoxy) is 6. The van der Waals surface area contributed by atoms with E-state index in [1.165, 1.54) is 0 Å². The van der Waals surface area contributed by atoms with Crippen LogP contribution in [0.2, 0.25) is 0 Å². The Hall–Kier alpha value is -1.10. The van der Waals surface area contributed by atoms with Crippen molar-refractivity contribution in [1.82, 2.24) is 4.90 Å². The number of piperidine rings is 1. The van der Waals surface area contributed by atoms with E-state index in [1.54, 1.807) is 6.92 Å². The van der Waals surface area contributed by atoms with Crippen LogP contribution in [0, 0.1) is 0 Å². The van der Waals surface area contributed by atoms with Gasteiger partial charge in [-0.2, -0.15) is 0 Å². The Kier molecular flexibility index (Phi) is 5.50. The zero-order valence-corrected chi connectivity index (χ0v) is 17.7. The highest BCUT2D eigenvalue weighted by atomic mass is 16.8. The Labute approximate surface area is 170 Å². The van der Waals surface area contributed by atoms with Crippen molar-refractivity contribution < 1.29 is 38.0 Å². The van der Waals surface area contributed by atoms with Crippen molar-refractivity contribution in [2.24, 2.45) is 0 Å². The molecule has 164 valence electrons. The second-order valence-electron chi connectivity index (χ2n) is 8.92. The third-order valence-electron chi connectivity index (χ3n) is 5.82. The van der Waals surface area contributed by atoms with E-state index in [4.69, 9.17) is 28.4 Å². The summed E-state index contributed by atoms with van der Waals surface area (Å²) in [6.07, 6.45) is -1.56. The minimum absolute atomic E-state index is 0.0450. The van der Waals surface area contributed by atoms with Gasteiger partial charge in [-0.25, -0.2) is 0 Å². The molecule has 0 aliphatic carbocycles. The molecular formula is C20H31NO8. The van der Waals surface area contributed by atoms with E-state index in [0.717, 1.165) is 0 Å². The zero-order chi connectivity index (χ0) is 21.0. The molecule has 9 heteroatoms. The van der Waals surface area contributed by atoms with Gasteiger partial charge in [0.15, 0.2) is 11.6 Å². The van der Waals surface area contributed by atoms with E-state index in [9.17, 15) is 9.59 Å². The van der Waals surface area contributed by atoms with Gasteiger partial charge in [0.1, 0.15) is 42.5 Å². The number of Topliss-reactive ketones (excluding diaryl/α,β-unsaturated/α-hetero) is 1. The van der Waals surface area contributed by atoms with Gasteiger partial charge in [0.2, 0.25) is 0 Å². The first-order chi connectivity index (χ1) is 13.6. The van der Waals surface area contributed by atoms with Gasteiger partial charge in [-0.3, -0.25) is 14.5 Å². The van der Waals surface area contributed by atoms with Gasteiger partial charge < -0.3 is 28.4 Å². The van der Waals surface area contributed by atoms with Gasteiger partial charge in [-0.1, -0.05) is 0 Å². The molecule has 1 unspecified atom stereocenters. The molecule has 0 aromatic carbocycles. The molecule has 6 atom stereocenters. The van der Waals surface area contributed by atoms with Crippen LogP contribution in [0.25, 0.3) is 0 Å². The van der Waals surface area contributed by atoms with E-state index >= 15 is 0 Å². The average molecular weight is 413 g/mol. The maximum absolute atomic E-state index is 12.6. The molecule has 9 nitrogen and oxygen atoms in total. The van der Waals surface area contributed by atoms with Gasteiger partial charge in [0.25, 0.3) is 0 Å². The van der Waals surface area contributed by atoms with Crippen LogP contribution in [0.4, 0.5) is 0 Å². The van der Waals surface area contributed by atoms with Gasteiger partial charge in [0, 0.05) is 19.4 Å². The summed E-state index contributed by atoms with van der Waals surface area (Å²) in [7, 11) is 0. The summed E-state index contributed by atoms with van der Waals surface area (Å²) in [4.78, 5) is 26.5. The number of fused-ring (bicyclic) bond motifs is 1. The minimum Gasteiger partial charge on any atom is -0.465 e. The number of ketones is 1. The first-order valence-electron chi connectivity index (χ1n) is 10.4. The predicted molar refractivity (Wildman–Crippen MR) is 98.8 cm³/mol. The largest absolute Gasteiger partial charge is 0.465 e. The second-order valence-corrected chi connectivity index (χ2v) is 8.92. The highest BCUT2D eigenvalue weighted by molar-refractivity contribution is 5.87. The van der Waals surface area contributed by atoms with Crippen LogP contribution in [0.3, 0.4) is 0 Å². The van der Waals surface area contributed by atoms with Crippen LogP contribution >= 0.6 is 0 Å². The minimum atomic E-state index is -0.782. The van der Waals surface area contributed by atoms with Crippen molar-refractivity contribution in [3.05, 3.63) is 0 Å². The maximum atomic E-state index is 12.6. The van der Waals surface area contributed by atoms with E-state index in [1.807, 2.05) is 32.6 Å². The van der Waals surface area contributed by atoms with Crippen LogP contribution in [0.5, 0.6) is 0 Å². The number of hydrogen-bond donors (Lipinski definition) is 0. The quantitative estimate of drug-likeness (QED) is 0.625. The lowest BCUT2D eigenvalue weighted by molar-refractivity contribution is -0.228. The predicted octanol–water partition coefficient (Wildman–Crippen LogP) is 0.980. The molecule has 0 N–H and O–H groups in total. The third kappa shape index (κ3) is 4.08. The maximum Gasteiger partial charge on any atom is 0.323 e. The van der Waals surface area contributed by atoms with Crippen LogP contribution in [0.1, 0.15) is 47.5 Å². The lowest BCUT2D eigenvalue weighted by Crippen LogP contribution is -2.56. The Bertz CT molecular complexity index is 665. The number of nitrogens with zero attached hydrogens (tertiary/aromatic N) is 1. The Morgan fingerprint density at radius 3 is 2.48 bits per heavy atom. The molecular weight excluding hydrogens is 382 g/mol. The first kappa shape index (κ1) is 21.1. The van der Waals surface area contributed by atoms with E-state index in [2.05, 4.69) is 0 Å². The zero-order valence-electron chi connectivity index (χ0n) is 17.7. The molecule has 0 aromatic rings. The van der Waals surface area contributed by atoms with E-state index in [0.29, 0.717) is 19.6 Å². The van der Waals surface area contributed by atoms with Crippen LogP contribution in [0.15, 0.2) is 0 Å². The molecule has 0 amide bonds. The van der Waals surface area contributed by atoms with Gasteiger partial charge >= 0.3 is 5.97 Å². The summed E-state index contributed by atoms with van der Waals surface area (Å²) >= 11 is 0. The number of hydrogen-bond acceptors (Lipinski definition) is 9. The number of carbonyl (C=O) groups is 2. The summed E-state index contributed by atoms with van der Waals surface area (Å²) in [6.45, 7) is 10.2. The van der Waals surface area contributed by atoms with Crippen molar-refractivity contribution in [1.29, 1.82) is 0 Å². The number of rotatable bonds is 4. The van der Waals surface area contributed by atoms with E-state index < -0.39 is 42.0 Å². The lowest BCUT2D eigenvalue weighted by Gasteiger charge is -2.39. The highest BCUT2D eigenvalue weighted by Gasteiger charge is 2.61. The molecule has 0 aromatic heterocycles. The van der Waals surface area contributed by atoms with Crippen molar-refractivity contribution in [3.63, 3.8) is 0 Å². The van der Waals surface area contributed by atoms with Gasteiger partial charge in [-0.15, -0.1) is 0 Å². The Balaban J connectivity index is 1.58. The summed E-state index contributed by atoms with van der Waals surface area (Å²) in [5.41, 5.74) is 0. The molecule has 4 fully saturated rings. The van der Waals surface area contributed by atoms with Crippen molar-refractivity contribution in [2.75, 3.05) is 19.8 Å². The fraction of sp³-hybridized carbons (Fsp3) is 0.900. The fourth-order valence-corrected chi connectivity index (χ4v) is 4.66. The lowest BCUT2D eigenvalue weighted by atomic mass is 9.99. The Morgan fingerprint density at radius 2 is 1.83 bits per heavy atom. The number of likely N-dealkylation sites (tertiary alicyclic amines) is 1. The van der Waals surface area contributed by atoms with Gasteiger partial charge in [0.05, 0.1) is 13.2 Å². The normalized spacial score (nSPS) is 41.5. The molecule has 0 spiro atoms. The van der Waals surface area contributed by atoms with Crippen molar-refractivity contribution in [3.8, 4) is 0 Å². The van der Waals surface area contributed by atoms with Crippen molar-refractivity contribution in [2.45, 2.75) is 95.7 Å². The van der Waals surface area contributed by atoms with Crippen LogP contribution < -0.4 is 0 Å². The Morgan fingerprint density at radius 1 is 1.10 bits per heavy atom. The summed E-state index contributed by atoms with van der Waals surface area (Å²) in [5.74, 6) is -1.84. The molecule has 29 heavy (non-hydrogen) atoms. The standard InChI is InChI=1S/C20H31NO8/c1-6-24-18(23)12-9-11(22)7-8-21(12)17-16-15(28-20(4,5)29-16)14(26-17)13-10-25-19(2,3)27-13/h12-17H,6-10H2,1-5H3/t12-,13+,14+,15-,16-,17?/m0/s1. The molecule has 4 aliphatic heterocycles. The van der Waals surface area contributed by atoms with Crippen LogP contribution in [-0.4, -0.2) is 84.7 Å². The molecule has 4 heterocycles. The smallest absolute Gasteiger partial charge is 0.323 e. The van der Waals surface area contributed by atoms with E-state index in [-0.39, 0.29) is 31.0 Å². The van der Waals surface area contributed by atoms with Crippen LogP contribution in [-0.2, 0) is 38.0 Å². The monoisotopic (exact) mass is 413 g/mol.